The van der Waals surface area contributed by atoms with Crippen molar-refractivity contribution < 1.29 is 22.8 Å². The van der Waals surface area contributed by atoms with Crippen LogP contribution in [-0.2, 0) is 10.9 Å². The van der Waals surface area contributed by atoms with Gasteiger partial charge in [-0.25, -0.2) is 0 Å². The molecule has 8 heteroatoms. The van der Waals surface area contributed by atoms with E-state index in [0.717, 1.165) is 18.6 Å². The van der Waals surface area contributed by atoms with Crippen molar-refractivity contribution >= 4 is 11.4 Å². The monoisotopic (exact) mass is 304 g/mol. The maximum atomic E-state index is 12.9. The van der Waals surface area contributed by atoms with Gasteiger partial charge in [-0.2, -0.15) is 13.2 Å². The quantitative estimate of drug-likeness (QED) is 0.683. The van der Waals surface area contributed by atoms with Gasteiger partial charge in [0.1, 0.15) is 5.56 Å². The Bertz CT molecular complexity index is 528. The molecule has 0 radical (unpaired) electrons. The molecule has 1 N–H and O–H groups in total. The number of nitrogens with zero attached hydrogens (tertiary/aromatic N) is 1. The van der Waals surface area contributed by atoms with Gasteiger partial charge in [0.05, 0.1) is 11.5 Å². The van der Waals surface area contributed by atoms with Crippen LogP contribution in [0, 0.1) is 16.0 Å². The first-order chi connectivity index (χ1) is 9.79. The average molecular weight is 304 g/mol. The van der Waals surface area contributed by atoms with Gasteiger partial charge in [-0.1, -0.05) is 0 Å². The number of hydrogen-bond donors (Lipinski definition) is 1. The number of nitro benzene ring substituents is 1. The minimum Gasteiger partial charge on any atom is -0.382 e. The lowest BCUT2D eigenvalue weighted by molar-refractivity contribution is -0.388. The van der Waals surface area contributed by atoms with E-state index in [2.05, 4.69) is 5.32 Å². The van der Waals surface area contributed by atoms with Crippen LogP contribution in [0.4, 0.5) is 24.5 Å². The number of hydrogen-bond acceptors (Lipinski definition) is 4. The maximum absolute atomic E-state index is 12.9. The largest absolute Gasteiger partial charge is 0.423 e. The molecule has 5 nitrogen and oxygen atoms in total. The van der Waals surface area contributed by atoms with Crippen molar-refractivity contribution in [1.82, 2.24) is 0 Å². The zero-order valence-corrected chi connectivity index (χ0v) is 11.3. The molecule has 2 atom stereocenters. The van der Waals surface area contributed by atoms with Gasteiger partial charge in [0.2, 0.25) is 0 Å². The molecule has 21 heavy (non-hydrogen) atoms. The molecule has 1 aliphatic rings. The van der Waals surface area contributed by atoms with Crippen molar-refractivity contribution in [3.05, 3.63) is 33.9 Å². The number of nitrogens with one attached hydrogen (secondary N) is 1. The first kappa shape index (κ1) is 15.6. The Balaban J connectivity index is 2.23. The summed E-state index contributed by atoms with van der Waals surface area (Å²) < 4.78 is 43.9. The average Bonchev–Trinajstić information content (AvgIpc) is 2.91. The Morgan fingerprint density at radius 3 is 2.71 bits per heavy atom. The Labute approximate surface area is 119 Å². The Morgan fingerprint density at radius 1 is 1.48 bits per heavy atom. The Kier molecular flexibility index (Phi) is 4.36. The van der Waals surface area contributed by atoms with Crippen LogP contribution < -0.4 is 5.32 Å². The number of benzene rings is 1. The highest BCUT2D eigenvalue weighted by atomic mass is 19.4. The minimum atomic E-state index is -4.76. The van der Waals surface area contributed by atoms with Gasteiger partial charge in [-0.3, -0.25) is 10.1 Å². The summed E-state index contributed by atoms with van der Waals surface area (Å²) in [5.74, 6) is 0.217. The first-order valence-electron chi connectivity index (χ1n) is 6.49. The molecule has 2 unspecified atom stereocenters. The Morgan fingerprint density at radius 2 is 2.19 bits per heavy atom. The van der Waals surface area contributed by atoms with Crippen LogP contribution in [0.25, 0.3) is 0 Å². The van der Waals surface area contributed by atoms with Gasteiger partial charge in [0, 0.05) is 30.3 Å². The van der Waals surface area contributed by atoms with Crippen molar-refractivity contribution in [2.45, 2.75) is 25.6 Å². The second-order valence-electron chi connectivity index (χ2n) is 5.04. The molecule has 0 aliphatic carbocycles. The predicted molar refractivity (Wildman–Crippen MR) is 70.1 cm³/mol. The van der Waals surface area contributed by atoms with Crippen LogP contribution in [-0.4, -0.2) is 24.2 Å². The summed E-state index contributed by atoms with van der Waals surface area (Å²) in [4.78, 5) is 9.65. The lowest BCUT2D eigenvalue weighted by Gasteiger charge is -2.21. The number of halogens is 3. The van der Waals surface area contributed by atoms with Crippen LogP contribution in [0.15, 0.2) is 18.2 Å². The first-order valence-corrected chi connectivity index (χ1v) is 6.49. The summed E-state index contributed by atoms with van der Waals surface area (Å²) in [6.45, 7) is 3.06. The highest BCUT2D eigenvalue weighted by molar-refractivity contribution is 5.55. The molecule has 0 aromatic heterocycles. The maximum Gasteiger partial charge on any atom is 0.423 e. The van der Waals surface area contributed by atoms with Crippen LogP contribution in [0.1, 0.15) is 18.9 Å². The summed E-state index contributed by atoms with van der Waals surface area (Å²) in [6.07, 6.45) is -3.92. The van der Waals surface area contributed by atoms with E-state index < -0.39 is 22.4 Å². The predicted octanol–water partition coefficient (Wildman–Crippen LogP) is 3.45. The van der Waals surface area contributed by atoms with E-state index in [9.17, 15) is 23.3 Å². The van der Waals surface area contributed by atoms with Crippen LogP contribution in [0.5, 0.6) is 0 Å². The fourth-order valence-electron chi connectivity index (χ4n) is 2.34. The van der Waals surface area contributed by atoms with Gasteiger partial charge < -0.3 is 10.1 Å². The summed E-state index contributed by atoms with van der Waals surface area (Å²) in [7, 11) is 0. The van der Waals surface area contributed by atoms with Crippen molar-refractivity contribution in [2.24, 2.45) is 5.92 Å². The molecule has 1 aromatic rings. The molecule has 2 rings (SSSR count). The van der Waals surface area contributed by atoms with Crippen LogP contribution in [0.3, 0.4) is 0 Å². The second kappa shape index (κ2) is 5.88. The van der Waals surface area contributed by atoms with E-state index in [0.29, 0.717) is 13.2 Å². The minimum absolute atomic E-state index is 0.0740. The summed E-state index contributed by atoms with van der Waals surface area (Å²) in [5, 5.41) is 13.6. The molecule has 0 spiro atoms. The highest BCUT2D eigenvalue weighted by Crippen LogP contribution is 2.37. The topological polar surface area (TPSA) is 64.4 Å². The third kappa shape index (κ3) is 3.63. The highest BCUT2D eigenvalue weighted by Gasteiger charge is 2.38. The van der Waals surface area contributed by atoms with Crippen LogP contribution >= 0.6 is 0 Å². The van der Waals surface area contributed by atoms with Gasteiger partial charge in [0.25, 0.3) is 5.69 Å². The van der Waals surface area contributed by atoms with E-state index in [-0.39, 0.29) is 17.6 Å². The van der Waals surface area contributed by atoms with Crippen LogP contribution in [0.2, 0.25) is 0 Å². The smallest absolute Gasteiger partial charge is 0.382 e. The molecular weight excluding hydrogens is 289 g/mol. The fourth-order valence-corrected chi connectivity index (χ4v) is 2.34. The molecule has 0 saturated carbocycles. The third-order valence-corrected chi connectivity index (χ3v) is 3.57. The molecule has 0 amide bonds. The fraction of sp³-hybridized carbons (Fsp3) is 0.538. The number of nitro groups is 1. The van der Waals surface area contributed by atoms with Gasteiger partial charge >= 0.3 is 6.18 Å². The molecule has 1 heterocycles. The number of rotatable bonds is 4. The normalized spacial score (nSPS) is 20.3. The lowest BCUT2D eigenvalue weighted by atomic mass is 10.00. The molecule has 1 aromatic carbocycles. The third-order valence-electron chi connectivity index (χ3n) is 3.57. The van der Waals surface area contributed by atoms with Crippen molar-refractivity contribution in [2.75, 3.05) is 18.5 Å². The molecule has 1 saturated heterocycles. The summed E-state index contributed by atoms with van der Waals surface area (Å²) in [6, 6.07) is 2.88. The molecular formula is C13H15F3N2O3. The molecule has 116 valence electrons. The molecule has 0 bridgehead atoms. The van der Waals surface area contributed by atoms with Gasteiger partial charge in [-0.15, -0.1) is 0 Å². The van der Waals surface area contributed by atoms with Crippen molar-refractivity contribution in [3.63, 3.8) is 0 Å². The van der Waals surface area contributed by atoms with E-state index in [1.165, 1.54) is 6.07 Å². The number of anilines is 1. The van der Waals surface area contributed by atoms with E-state index in [4.69, 9.17) is 4.74 Å². The SMILES string of the molecule is CC(Nc1ccc([N+](=O)[O-])c(C(F)(F)F)c1)C1CCOC1. The van der Waals surface area contributed by atoms with Crippen molar-refractivity contribution in [3.8, 4) is 0 Å². The zero-order chi connectivity index (χ0) is 15.6. The van der Waals surface area contributed by atoms with Gasteiger partial charge in [0.15, 0.2) is 0 Å². The summed E-state index contributed by atoms with van der Waals surface area (Å²) >= 11 is 0. The van der Waals surface area contributed by atoms with Gasteiger partial charge in [-0.05, 0) is 25.5 Å². The molecule has 1 aliphatic heterocycles. The van der Waals surface area contributed by atoms with E-state index in [1.54, 1.807) is 0 Å². The van der Waals surface area contributed by atoms with Crippen molar-refractivity contribution in [1.29, 1.82) is 0 Å². The summed E-state index contributed by atoms with van der Waals surface area (Å²) in [5.41, 5.74) is -1.97. The van der Waals surface area contributed by atoms with E-state index >= 15 is 0 Å². The lowest BCUT2D eigenvalue weighted by Crippen LogP contribution is -2.26. The second-order valence-corrected chi connectivity index (χ2v) is 5.04. The van der Waals surface area contributed by atoms with E-state index in [1.807, 2.05) is 6.92 Å². The number of alkyl halides is 3. The molecule has 1 fully saturated rings. The number of ether oxygens (including phenoxy) is 1. The zero-order valence-electron chi connectivity index (χ0n) is 11.3. The Hall–Kier alpha value is -1.83. The standard InChI is InChI=1S/C13H15F3N2O3/c1-8(9-4-5-21-7-9)17-10-2-3-12(18(19)20)11(6-10)13(14,15)16/h2-3,6,8-9,17H,4-5,7H2,1H3.